The summed E-state index contributed by atoms with van der Waals surface area (Å²) in [5.41, 5.74) is 1.92. The summed E-state index contributed by atoms with van der Waals surface area (Å²) in [6.07, 6.45) is 1.10. The van der Waals surface area contributed by atoms with Gasteiger partial charge in [0.15, 0.2) is 5.75 Å². The molecule has 1 aliphatic heterocycles. The van der Waals surface area contributed by atoms with Gasteiger partial charge in [-0.1, -0.05) is 18.2 Å². The van der Waals surface area contributed by atoms with Gasteiger partial charge in [0.2, 0.25) is 5.91 Å². The number of imide groups is 1. The number of aromatic nitrogens is 1. The number of anilines is 1. The molecule has 6 nitrogen and oxygen atoms in total. The van der Waals surface area contributed by atoms with Crippen molar-refractivity contribution in [1.29, 1.82) is 0 Å². The minimum Gasteiger partial charge on any atom is -0.464 e. The lowest BCUT2D eigenvalue weighted by Crippen LogP contribution is -2.39. The molecule has 2 amide bonds. The average Bonchev–Trinajstić information content (AvgIpc) is 2.62. The maximum absolute atomic E-state index is 11.8. The number of nitrogens with zero attached hydrogens (tertiary/aromatic N) is 2. The zero-order valence-corrected chi connectivity index (χ0v) is 13.2. The highest BCUT2D eigenvalue weighted by molar-refractivity contribution is 6.13. The van der Waals surface area contributed by atoms with E-state index in [0.29, 0.717) is 23.6 Å². The van der Waals surface area contributed by atoms with Gasteiger partial charge in [-0.3, -0.25) is 9.78 Å². The van der Waals surface area contributed by atoms with Gasteiger partial charge in [-0.2, -0.15) is 0 Å². The Morgan fingerprint density at radius 3 is 2.80 bits per heavy atom. The fraction of sp³-hybridized carbons (Fsp3) is 0.105. The molecule has 1 N–H and O–H groups in total. The molecule has 2 heterocycles. The molecule has 0 saturated heterocycles. The van der Waals surface area contributed by atoms with E-state index in [9.17, 15) is 14.7 Å². The van der Waals surface area contributed by atoms with E-state index in [-0.39, 0.29) is 6.42 Å². The van der Waals surface area contributed by atoms with Crippen molar-refractivity contribution in [3.05, 3.63) is 60.3 Å². The number of carbonyl (C=O) groups is 2. The van der Waals surface area contributed by atoms with Crippen LogP contribution in [0.25, 0.3) is 10.9 Å². The first kappa shape index (κ1) is 15.1. The molecule has 6 heteroatoms. The molecule has 0 spiro atoms. The molecule has 4 rings (SSSR count). The van der Waals surface area contributed by atoms with Crippen LogP contribution < -0.4 is 9.64 Å². The molecule has 3 aromatic rings. The van der Waals surface area contributed by atoms with Gasteiger partial charge in [-0.05, 0) is 42.3 Å². The Morgan fingerprint density at radius 1 is 1.12 bits per heavy atom. The van der Waals surface area contributed by atoms with E-state index >= 15 is 0 Å². The fourth-order valence-electron chi connectivity index (χ4n) is 3.03. The lowest BCUT2D eigenvalue weighted by molar-refractivity contribution is -0.118. The van der Waals surface area contributed by atoms with Crippen molar-refractivity contribution in [2.75, 3.05) is 4.90 Å². The number of aryl methyl sites for hydroxylation is 1. The summed E-state index contributed by atoms with van der Waals surface area (Å²) >= 11 is 0. The molecular formula is C19H14N2O4. The summed E-state index contributed by atoms with van der Waals surface area (Å²) < 4.78 is 5.97. The zero-order valence-electron chi connectivity index (χ0n) is 13.2. The number of rotatable bonds is 2. The van der Waals surface area contributed by atoms with E-state index in [1.165, 1.54) is 0 Å². The maximum Gasteiger partial charge on any atom is 0.418 e. The molecule has 25 heavy (non-hydrogen) atoms. The number of carbonyl (C=O) groups excluding carboxylic acids is 1. The molecule has 124 valence electrons. The Hall–Kier alpha value is -3.41. The summed E-state index contributed by atoms with van der Waals surface area (Å²) in [6, 6.07) is 14.5. The average molecular weight is 334 g/mol. The summed E-state index contributed by atoms with van der Waals surface area (Å²) in [6.45, 7) is 0. The van der Waals surface area contributed by atoms with Gasteiger partial charge in [0.25, 0.3) is 0 Å². The topological polar surface area (TPSA) is 79.7 Å². The number of hydrogen-bond donors (Lipinski definition) is 1. The Bertz CT molecular complexity index is 994. The van der Waals surface area contributed by atoms with Crippen LogP contribution in [-0.4, -0.2) is 22.1 Å². The smallest absolute Gasteiger partial charge is 0.418 e. The number of fused-ring (bicyclic) bond motifs is 2. The number of benzene rings is 2. The van der Waals surface area contributed by atoms with Crippen molar-refractivity contribution < 1.29 is 19.4 Å². The molecular weight excluding hydrogens is 320 g/mol. The predicted molar refractivity (Wildman–Crippen MR) is 92.1 cm³/mol. The van der Waals surface area contributed by atoms with E-state index in [2.05, 4.69) is 4.98 Å². The van der Waals surface area contributed by atoms with Crippen LogP contribution >= 0.6 is 0 Å². The third kappa shape index (κ3) is 2.67. The normalized spacial score (nSPS) is 13.6. The number of para-hydroxylation sites is 1. The van der Waals surface area contributed by atoms with E-state index in [0.717, 1.165) is 21.4 Å². The van der Waals surface area contributed by atoms with Crippen LogP contribution in [0.5, 0.6) is 11.5 Å². The zero-order chi connectivity index (χ0) is 17.4. The predicted octanol–water partition coefficient (Wildman–Crippen LogP) is 3.98. The molecule has 0 aliphatic carbocycles. The Morgan fingerprint density at radius 2 is 1.96 bits per heavy atom. The quantitative estimate of drug-likeness (QED) is 0.766. The lowest BCUT2D eigenvalue weighted by atomic mass is 10.0. The summed E-state index contributed by atoms with van der Waals surface area (Å²) in [5.74, 6) is 0.795. The number of amides is 2. The molecule has 0 bridgehead atoms. The van der Waals surface area contributed by atoms with Gasteiger partial charge in [0, 0.05) is 18.0 Å². The van der Waals surface area contributed by atoms with Crippen LogP contribution in [-0.2, 0) is 11.2 Å². The summed E-state index contributed by atoms with van der Waals surface area (Å²) in [5, 5.41) is 10.2. The number of carboxylic acid groups (broad SMARTS) is 1. The monoisotopic (exact) mass is 334 g/mol. The summed E-state index contributed by atoms with van der Waals surface area (Å²) in [4.78, 5) is 28.3. The van der Waals surface area contributed by atoms with Crippen LogP contribution in [0.2, 0.25) is 0 Å². The van der Waals surface area contributed by atoms with Crippen LogP contribution in [0.1, 0.15) is 12.0 Å². The van der Waals surface area contributed by atoms with Crippen LogP contribution in [0.4, 0.5) is 10.5 Å². The number of hydrogen-bond acceptors (Lipinski definition) is 4. The Kier molecular flexibility index (Phi) is 3.57. The third-order valence-electron chi connectivity index (χ3n) is 4.16. The van der Waals surface area contributed by atoms with Gasteiger partial charge >= 0.3 is 6.09 Å². The highest BCUT2D eigenvalue weighted by Crippen LogP contribution is 2.34. The van der Waals surface area contributed by atoms with Crippen molar-refractivity contribution in [3.63, 3.8) is 0 Å². The SMILES string of the molecule is O=C(O)N1C(=O)CCc2cc(Oc3cccc4cccnc34)ccc21. The fourth-order valence-corrected chi connectivity index (χ4v) is 3.03. The van der Waals surface area contributed by atoms with Crippen molar-refractivity contribution in [2.24, 2.45) is 0 Å². The highest BCUT2D eigenvalue weighted by atomic mass is 16.5. The molecule has 2 aromatic carbocycles. The van der Waals surface area contributed by atoms with Crippen LogP contribution in [0.15, 0.2) is 54.7 Å². The van der Waals surface area contributed by atoms with Crippen LogP contribution in [0.3, 0.4) is 0 Å². The minimum absolute atomic E-state index is 0.165. The van der Waals surface area contributed by atoms with Crippen molar-refractivity contribution in [1.82, 2.24) is 4.98 Å². The second kappa shape index (κ2) is 5.90. The summed E-state index contributed by atoms with van der Waals surface area (Å²) in [7, 11) is 0. The first-order valence-corrected chi connectivity index (χ1v) is 7.84. The second-order valence-corrected chi connectivity index (χ2v) is 5.74. The van der Waals surface area contributed by atoms with Crippen LogP contribution in [0, 0.1) is 0 Å². The molecule has 0 saturated carbocycles. The lowest BCUT2D eigenvalue weighted by Gasteiger charge is -2.25. The molecule has 1 aliphatic rings. The number of pyridine rings is 1. The number of ether oxygens (including phenoxy) is 1. The van der Waals surface area contributed by atoms with Crippen molar-refractivity contribution in [2.45, 2.75) is 12.8 Å². The van der Waals surface area contributed by atoms with Crippen molar-refractivity contribution in [3.8, 4) is 11.5 Å². The third-order valence-corrected chi connectivity index (χ3v) is 4.16. The van der Waals surface area contributed by atoms with E-state index in [1.807, 2.05) is 30.3 Å². The van der Waals surface area contributed by atoms with E-state index in [4.69, 9.17) is 4.74 Å². The van der Waals surface area contributed by atoms with Gasteiger partial charge in [0.05, 0.1) is 5.69 Å². The van der Waals surface area contributed by atoms with Gasteiger partial charge in [-0.15, -0.1) is 0 Å². The minimum atomic E-state index is -1.27. The van der Waals surface area contributed by atoms with Gasteiger partial charge in [-0.25, -0.2) is 9.69 Å². The second-order valence-electron chi connectivity index (χ2n) is 5.74. The molecule has 1 aromatic heterocycles. The Balaban J connectivity index is 1.71. The van der Waals surface area contributed by atoms with E-state index in [1.54, 1.807) is 24.4 Å². The Labute approximate surface area is 143 Å². The standard InChI is InChI=1S/C19H14N2O4/c22-17-9-6-13-11-14(7-8-15(13)21(17)19(23)24)25-16-5-1-3-12-4-2-10-20-18(12)16/h1-5,7-8,10-11H,6,9H2,(H,23,24). The largest absolute Gasteiger partial charge is 0.464 e. The highest BCUT2D eigenvalue weighted by Gasteiger charge is 2.29. The van der Waals surface area contributed by atoms with E-state index < -0.39 is 12.0 Å². The molecule has 0 unspecified atom stereocenters. The maximum atomic E-state index is 11.8. The first-order chi connectivity index (χ1) is 12.1. The molecule has 0 atom stereocenters. The molecule has 0 radical (unpaired) electrons. The van der Waals surface area contributed by atoms with Gasteiger partial charge < -0.3 is 9.84 Å². The first-order valence-electron chi connectivity index (χ1n) is 7.84. The van der Waals surface area contributed by atoms with Gasteiger partial charge in [0.1, 0.15) is 11.3 Å². The molecule has 0 fully saturated rings. The van der Waals surface area contributed by atoms with Crippen molar-refractivity contribution >= 4 is 28.6 Å².